The standard InChI is InChI=1S/C15H22/c1-10-11(2)13(4)15(12(10)3)14-8-6-5-7-9-14/h5-13,15H,1-4H3/t10-,11?,12?,13?,15?/m1/s1. The first-order valence-corrected chi connectivity index (χ1v) is 6.18. The van der Waals surface area contributed by atoms with Crippen LogP contribution in [0.15, 0.2) is 30.3 Å². The van der Waals surface area contributed by atoms with Gasteiger partial charge in [0.05, 0.1) is 0 Å². The van der Waals surface area contributed by atoms with Crippen LogP contribution in [0.2, 0.25) is 0 Å². The number of hydrogen-bond acceptors (Lipinski definition) is 0. The molecule has 0 amide bonds. The Morgan fingerprint density at radius 2 is 1.13 bits per heavy atom. The summed E-state index contributed by atoms with van der Waals surface area (Å²) in [7, 11) is 0. The second-order valence-electron chi connectivity index (χ2n) is 5.37. The van der Waals surface area contributed by atoms with E-state index in [1.54, 1.807) is 0 Å². The summed E-state index contributed by atoms with van der Waals surface area (Å²) in [5, 5.41) is 0. The lowest BCUT2D eigenvalue weighted by Gasteiger charge is -2.21. The third-order valence-electron chi connectivity index (χ3n) is 4.81. The van der Waals surface area contributed by atoms with E-state index in [-0.39, 0.29) is 0 Å². The summed E-state index contributed by atoms with van der Waals surface area (Å²) in [4.78, 5) is 0. The predicted molar refractivity (Wildman–Crippen MR) is 65.8 cm³/mol. The van der Waals surface area contributed by atoms with E-state index in [9.17, 15) is 0 Å². The zero-order chi connectivity index (χ0) is 11.0. The third kappa shape index (κ3) is 1.71. The van der Waals surface area contributed by atoms with Crippen molar-refractivity contribution in [3.8, 4) is 0 Å². The lowest BCUT2D eigenvalue weighted by molar-refractivity contribution is 0.352. The summed E-state index contributed by atoms with van der Waals surface area (Å²) < 4.78 is 0. The summed E-state index contributed by atoms with van der Waals surface area (Å²) in [5.41, 5.74) is 1.54. The fourth-order valence-corrected chi connectivity index (χ4v) is 3.37. The van der Waals surface area contributed by atoms with Crippen molar-refractivity contribution in [1.29, 1.82) is 0 Å². The van der Waals surface area contributed by atoms with E-state index >= 15 is 0 Å². The van der Waals surface area contributed by atoms with Gasteiger partial charge < -0.3 is 0 Å². The molecule has 0 spiro atoms. The molecule has 1 aromatic carbocycles. The zero-order valence-electron chi connectivity index (χ0n) is 10.3. The first-order valence-electron chi connectivity index (χ1n) is 6.18. The maximum absolute atomic E-state index is 2.42. The van der Waals surface area contributed by atoms with Crippen LogP contribution in [0.1, 0.15) is 39.2 Å². The molecule has 0 heterocycles. The monoisotopic (exact) mass is 202 g/mol. The Hall–Kier alpha value is -0.780. The lowest BCUT2D eigenvalue weighted by Crippen LogP contribution is -2.10. The summed E-state index contributed by atoms with van der Waals surface area (Å²) >= 11 is 0. The van der Waals surface area contributed by atoms with Gasteiger partial charge in [-0.25, -0.2) is 0 Å². The van der Waals surface area contributed by atoms with Gasteiger partial charge in [0.25, 0.3) is 0 Å². The first-order chi connectivity index (χ1) is 7.13. The van der Waals surface area contributed by atoms with Crippen molar-refractivity contribution in [2.45, 2.75) is 33.6 Å². The SMILES string of the molecule is CC1C(c2ccccc2)C(C)[C@H](C)C1C. The highest BCUT2D eigenvalue weighted by molar-refractivity contribution is 5.23. The molecule has 4 unspecified atom stereocenters. The molecule has 82 valence electrons. The van der Waals surface area contributed by atoms with Gasteiger partial charge in [-0.3, -0.25) is 0 Å². The van der Waals surface area contributed by atoms with Gasteiger partial charge in [-0.15, -0.1) is 0 Å². The second-order valence-corrected chi connectivity index (χ2v) is 5.37. The van der Waals surface area contributed by atoms with Gasteiger partial charge >= 0.3 is 0 Å². The molecule has 0 N–H and O–H groups in total. The van der Waals surface area contributed by atoms with Crippen LogP contribution < -0.4 is 0 Å². The molecule has 5 atom stereocenters. The van der Waals surface area contributed by atoms with E-state index in [2.05, 4.69) is 58.0 Å². The third-order valence-corrected chi connectivity index (χ3v) is 4.81. The molecule has 1 saturated carbocycles. The van der Waals surface area contributed by atoms with Crippen LogP contribution in [0.5, 0.6) is 0 Å². The molecule has 0 saturated heterocycles. The van der Waals surface area contributed by atoms with Crippen molar-refractivity contribution in [2.75, 3.05) is 0 Å². The topological polar surface area (TPSA) is 0 Å². The minimum absolute atomic E-state index is 0.760. The van der Waals surface area contributed by atoms with Crippen molar-refractivity contribution in [1.82, 2.24) is 0 Å². The highest BCUT2D eigenvalue weighted by Crippen LogP contribution is 2.50. The Morgan fingerprint density at radius 1 is 0.667 bits per heavy atom. The molecule has 0 bridgehead atoms. The van der Waals surface area contributed by atoms with Crippen LogP contribution in [-0.2, 0) is 0 Å². The Labute approximate surface area is 93.7 Å². The van der Waals surface area contributed by atoms with Gasteiger partial charge in [-0.1, -0.05) is 58.0 Å². The van der Waals surface area contributed by atoms with Gasteiger partial charge in [0, 0.05) is 0 Å². The molecule has 1 aliphatic carbocycles. The lowest BCUT2D eigenvalue weighted by atomic mass is 9.83. The van der Waals surface area contributed by atoms with Crippen LogP contribution >= 0.6 is 0 Å². The van der Waals surface area contributed by atoms with Crippen LogP contribution in [-0.4, -0.2) is 0 Å². The number of rotatable bonds is 1. The fraction of sp³-hybridized carbons (Fsp3) is 0.600. The van der Waals surface area contributed by atoms with Gasteiger partial charge in [0.2, 0.25) is 0 Å². The molecule has 15 heavy (non-hydrogen) atoms. The first kappa shape index (κ1) is 10.7. The van der Waals surface area contributed by atoms with Crippen LogP contribution in [0, 0.1) is 23.7 Å². The highest BCUT2D eigenvalue weighted by Gasteiger charge is 2.41. The maximum Gasteiger partial charge on any atom is -0.0105 e. The van der Waals surface area contributed by atoms with Crippen molar-refractivity contribution >= 4 is 0 Å². The second kappa shape index (κ2) is 4.00. The Balaban J connectivity index is 2.30. The summed E-state index contributed by atoms with van der Waals surface area (Å²) in [6.07, 6.45) is 0. The average Bonchev–Trinajstić information content (AvgIpc) is 2.45. The van der Waals surface area contributed by atoms with E-state index in [0.29, 0.717) is 0 Å². The predicted octanol–water partition coefficient (Wildman–Crippen LogP) is 4.33. The zero-order valence-corrected chi connectivity index (χ0v) is 10.3. The van der Waals surface area contributed by atoms with Crippen molar-refractivity contribution in [2.24, 2.45) is 23.7 Å². The summed E-state index contributed by atoms with van der Waals surface area (Å²) in [6, 6.07) is 11.0. The van der Waals surface area contributed by atoms with Crippen molar-refractivity contribution in [3.63, 3.8) is 0 Å². The van der Waals surface area contributed by atoms with E-state index in [1.165, 1.54) is 5.56 Å². The van der Waals surface area contributed by atoms with E-state index in [0.717, 1.165) is 29.6 Å². The van der Waals surface area contributed by atoms with Crippen LogP contribution in [0.3, 0.4) is 0 Å². The highest BCUT2D eigenvalue weighted by atomic mass is 14.5. The van der Waals surface area contributed by atoms with E-state index in [1.807, 2.05) is 0 Å². The van der Waals surface area contributed by atoms with Crippen LogP contribution in [0.4, 0.5) is 0 Å². The molecule has 1 aliphatic rings. The molecule has 1 fully saturated rings. The van der Waals surface area contributed by atoms with E-state index in [4.69, 9.17) is 0 Å². The van der Waals surface area contributed by atoms with Crippen molar-refractivity contribution in [3.05, 3.63) is 35.9 Å². The smallest absolute Gasteiger partial charge is 0.0105 e. The van der Waals surface area contributed by atoms with Gasteiger partial charge in [0.1, 0.15) is 0 Å². The average molecular weight is 202 g/mol. The normalized spacial score (nSPS) is 40.7. The van der Waals surface area contributed by atoms with Gasteiger partial charge in [0.15, 0.2) is 0 Å². The Kier molecular flexibility index (Phi) is 2.86. The molecule has 0 aliphatic heterocycles. The number of benzene rings is 1. The minimum atomic E-state index is 0.760. The van der Waals surface area contributed by atoms with E-state index < -0.39 is 0 Å². The quantitative estimate of drug-likeness (QED) is 0.636. The molecule has 2 rings (SSSR count). The van der Waals surface area contributed by atoms with Crippen LogP contribution in [0.25, 0.3) is 0 Å². The molecule has 1 aromatic rings. The Morgan fingerprint density at radius 3 is 1.60 bits per heavy atom. The largest absolute Gasteiger partial charge is 0.0622 e. The molecular formula is C15H22. The summed E-state index contributed by atoms with van der Waals surface area (Å²) in [6.45, 7) is 9.66. The summed E-state index contributed by atoms with van der Waals surface area (Å²) in [5.74, 6) is 4.10. The Bertz CT molecular complexity index is 300. The van der Waals surface area contributed by atoms with Gasteiger partial charge in [-0.2, -0.15) is 0 Å². The maximum atomic E-state index is 2.42. The minimum Gasteiger partial charge on any atom is -0.0622 e. The molecule has 0 heteroatoms. The number of hydrogen-bond donors (Lipinski definition) is 0. The molecular weight excluding hydrogens is 180 g/mol. The molecule has 0 radical (unpaired) electrons. The molecule has 0 aromatic heterocycles. The van der Waals surface area contributed by atoms with Gasteiger partial charge in [-0.05, 0) is 35.2 Å². The van der Waals surface area contributed by atoms with Crippen molar-refractivity contribution < 1.29 is 0 Å². The molecule has 0 nitrogen and oxygen atoms in total. The fourth-order valence-electron chi connectivity index (χ4n) is 3.37.